The molecule has 0 aromatic heterocycles. The van der Waals surface area contributed by atoms with Crippen LogP contribution in [0.1, 0.15) is 50.4 Å². The Morgan fingerprint density at radius 3 is 2.62 bits per heavy atom. The monoisotopic (exact) mass is 309 g/mol. The van der Waals surface area contributed by atoms with Crippen LogP contribution in [0.4, 0.5) is 5.69 Å². The predicted molar refractivity (Wildman–Crippen MR) is 87.4 cm³/mol. The van der Waals surface area contributed by atoms with Crippen LogP contribution in [0.2, 0.25) is 5.02 Å². The van der Waals surface area contributed by atoms with E-state index in [9.17, 15) is 9.90 Å². The summed E-state index contributed by atoms with van der Waals surface area (Å²) in [7, 11) is 0. The van der Waals surface area contributed by atoms with Crippen LogP contribution in [0, 0.1) is 11.3 Å². The number of halogens is 1. The number of hydrogen-bond acceptors (Lipinski definition) is 2. The number of aromatic carboxylic acids is 1. The molecule has 1 aliphatic rings. The number of carboxylic acids is 1. The van der Waals surface area contributed by atoms with Gasteiger partial charge < -0.3 is 10.0 Å². The SMILES string of the molecule is CC(C)(C)C1CCCN(c2cccc(Cl)c2C(=O)O)CC1. The third-order valence-corrected chi connectivity index (χ3v) is 4.81. The lowest BCUT2D eigenvalue weighted by Crippen LogP contribution is -2.27. The van der Waals surface area contributed by atoms with Gasteiger partial charge in [0.25, 0.3) is 0 Å². The minimum atomic E-state index is -0.952. The third-order valence-electron chi connectivity index (χ3n) is 4.50. The smallest absolute Gasteiger partial charge is 0.339 e. The molecule has 1 heterocycles. The van der Waals surface area contributed by atoms with E-state index < -0.39 is 5.97 Å². The molecule has 21 heavy (non-hydrogen) atoms. The average Bonchev–Trinajstić information content (AvgIpc) is 2.63. The van der Waals surface area contributed by atoms with E-state index >= 15 is 0 Å². The van der Waals surface area contributed by atoms with Crippen molar-refractivity contribution in [3.05, 3.63) is 28.8 Å². The second-order valence-corrected chi connectivity index (χ2v) is 7.33. The van der Waals surface area contributed by atoms with Crippen molar-refractivity contribution in [2.45, 2.75) is 40.0 Å². The Hall–Kier alpha value is -1.22. The molecule has 1 fully saturated rings. The van der Waals surface area contributed by atoms with Gasteiger partial charge in [0.15, 0.2) is 0 Å². The number of hydrogen-bond donors (Lipinski definition) is 1. The van der Waals surface area contributed by atoms with Gasteiger partial charge in [0, 0.05) is 13.1 Å². The van der Waals surface area contributed by atoms with Gasteiger partial charge in [-0.3, -0.25) is 0 Å². The topological polar surface area (TPSA) is 40.5 Å². The quantitative estimate of drug-likeness (QED) is 0.861. The number of benzene rings is 1. The molecule has 0 bridgehead atoms. The van der Waals surface area contributed by atoms with Gasteiger partial charge >= 0.3 is 5.97 Å². The van der Waals surface area contributed by atoms with Crippen LogP contribution in [0.3, 0.4) is 0 Å². The highest BCUT2D eigenvalue weighted by atomic mass is 35.5. The lowest BCUT2D eigenvalue weighted by atomic mass is 9.77. The summed E-state index contributed by atoms with van der Waals surface area (Å²) in [4.78, 5) is 13.7. The summed E-state index contributed by atoms with van der Waals surface area (Å²) in [6.45, 7) is 8.65. The van der Waals surface area contributed by atoms with E-state index in [2.05, 4.69) is 25.7 Å². The van der Waals surface area contributed by atoms with Crippen molar-refractivity contribution in [1.82, 2.24) is 0 Å². The highest BCUT2D eigenvalue weighted by Gasteiger charge is 2.28. The van der Waals surface area contributed by atoms with E-state index in [1.165, 1.54) is 6.42 Å². The Bertz CT molecular complexity index is 522. The molecule has 1 atom stereocenters. The molecule has 0 aliphatic carbocycles. The molecule has 1 aromatic carbocycles. The zero-order valence-corrected chi connectivity index (χ0v) is 13.8. The fourth-order valence-corrected chi connectivity index (χ4v) is 3.44. The van der Waals surface area contributed by atoms with Gasteiger partial charge in [-0.15, -0.1) is 0 Å². The summed E-state index contributed by atoms with van der Waals surface area (Å²) in [6.07, 6.45) is 3.38. The Balaban J connectivity index is 2.24. The Kier molecular flexibility index (Phi) is 4.82. The zero-order valence-electron chi connectivity index (χ0n) is 13.0. The van der Waals surface area contributed by atoms with Crippen LogP contribution < -0.4 is 4.90 Å². The molecule has 0 amide bonds. The van der Waals surface area contributed by atoms with Crippen molar-refractivity contribution in [2.75, 3.05) is 18.0 Å². The van der Waals surface area contributed by atoms with E-state index in [4.69, 9.17) is 11.6 Å². The second kappa shape index (κ2) is 6.27. The first kappa shape index (κ1) is 16.2. The van der Waals surface area contributed by atoms with Crippen LogP contribution in [0.25, 0.3) is 0 Å². The van der Waals surface area contributed by atoms with Crippen LogP contribution in [0.5, 0.6) is 0 Å². The van der Waals surface area contributed by atoms with Gasteiger partial charge in [0.1, 0.15) is 5.56 Å². The Morgan fingerprint density at radius 2 is 2.00 bits per heavy atom. The first-order chi connectivity index (χ1) is 9.80. The maximum absolute atomic E-state index is 11.5. The van der Waals surface area contributed by atoms with Crippen molar-refractivity contribution in [1.29, 1.82) is 0 Å². The van der Waals surface area contributed by atoms with Crippen LogP contribution in [-0.4, -0.2) is 24.2 Å². The molecular weight excluding hydrogens is 286 g/mol. The standard InChI is InChI=1S/C17H24ClNO2/c1-17(2,3)12-6-5-10-19(11-9-12)14-8-4-7-13(18)15(14)16(20)21/h4,7-8,12H,5-6,9-11H2,1-3H3,(H,20,21). The fourth-order valence-electron chi connectivity index (χ4n) is 3.19. The minimum absolute atomic E-state index is 0.230. The van der Waals surface area contributed by atoms with Gasteiger partial charge in [-0.05, 0) is 42.7 Å². The molecule has 1 N–H and O–H groups in total. The van der Waals surface area contributed by atoms with Crippen molar-refractivity contribution in [2.24, 2.45) is 11.3 Å². The highest BCUT2D eigenvalue weighted by molar-refractivity contribution is 6.34. The lowest BCUT2D eigenvalue weighted by Gasteiger charge is -2.30. The van der Waals surface area contributed by atoms with Crippen molar-refractivity contribution < 1.29 is 9.90 Å². The number of carboxylic acid groups (broad SMARTS) is 1. The van der Waals surface area contributed by atoms with Gasteiger partial charge in [0.05, 0.1) is 10.7 Å². The fraction of sp³-hybridized carbons (Fsp3) is 0.588. The molecule has 3 nitrogen and oxygen atoms in total. The van der Waals surface area contributed by atoms with Gasteiger partial charge in [-0.2, -0.15) is 0 Å². The van der Waals surface area contributed by atoms with E-state index in [1.807, 2.05) is 12.1 Å². The number of anilines is 1. The van der Waals surface area contributed by atoms with Crippen molar-refractivity contribution >= 4 is 23.3 Å². The normalized spacial score (nSPS) is 20.2. The minimum Gasteiger partial charge on any atom is -0.478 e. The van der Waals surface area contributed by atoms with Gasteiger partial charge in [0.2, 0.25) is 0 Å². The molecule has 1 unspecified atom stereocenters. The molecule has 2 rings (SSSR count). The summed E-state index contributed by atoms with van der Waals surface area (Å²) in [5.41, 5.74) is 1.29. The molecule has 116 valence electrons. The molecule has 1 aromatic rings. The predicted octanol–water partition coefficient (Wildman–Crippen LogP) is 4.69. The molecule has 4 heteroatoms. The first-order valence-corrected chi connectivity index (χ1v) is 7.95. The van der Waals surface area contributed by atoms with Crippen molar-refractivity contribution in [3.8, 4) is 0 Å². The highest BCUT2D eigenvalue weighted by Crippen LogP contribution is 2.36. The summed E-state index contributed by atoms with van der Waals surface area (Å²) in [5, 5.41) is 9.73. The van der Waals surface area contributed by atoms with E-state index in [0.29, 0.717) is 16.4 Å². The lowest BCUT2D eigenvalue weighted by molar-refractivity contribution is 0.0697. The second-order valence-electron chi connectivity index (χ2n) is 6.92. The van der Waals surface area contributed by atoms with Crippen LogP contribution in [-0.2, 0) is 0 Å². The Morgan fingerprint density at radius 1 is 1.29 bits per heavy atom. The number of nitrogens with zero attached hydrogens (tertiary/aromatic N) is 1. The molecule has 1 saturated heterocycles. The van der Waals surface area contributed by atoms with Gasteiger partial charge in [-0.25, -0.2) is 4.79 Å². The first-order valence-electron chi connectivity index (χ1n) is 7.57. The van der Waals surface area contributed by atoms with Crippen LogP contribution in [0.15, 0.2) is 18.2 Å². The third kappa shape index (κ3) is 3.70. The average molecular weight is 310 g/mol. The van der Waals surface area contributed by atoms with Crippen molar-refractivity contribution in [3.63, 3.8) is 0 Å². The summed E-state index contributed by atoms with van der Waals surface area (Å²) in [5.74, 6) is -0.276. The van der Waals surface area contributed by atoms with Crippen LogP contribution >= 0.6 is 11.6 Å². The van der Waals surface area contributed by atoms with E-state index in [-0.39, 0.29) is 5.56 Å². The maximum atomic E-state index is 11.5. The summed E-state index contributed by atoms with van der Waals surface area (Å²) >= 11 is 6.08. The molecule has 0 spiro atoms. The van der Waals surface area contributed by atoms with E-state index in [0.717, 1.165) is 31.6 Å². The van der Waals surface area contributed by atoms with E-state index in [1.54, 1.807) is 6.07 Å². The maximum Gasteiger partial charge on any atom is 0.339 e. The molecule has 0 radical (unpaired) electrons. The molecular formula is C17H24ClNO2. The van der Waals surface area contributed by atoms with Gasteiger partial charge in [-0.1, -0.05) is 38.4 Å². The Labute approximate surface area is 131 Å². The molecule has 1 aliphatic heterocycles. The zero-order chi connectivity index (χ0) is 15.6. The number of rotatable bonds is 2. The summed E-state index contributed by atoms with van der Waals surface area (Å²) in [6, 6.07) is 5.34. The number of carbonyl (C=O) groups is 1. The summed E-state index contributed by atoms with van der Waals surface area (Å²) < 4.78 is 0. The molecule has 0 saturated carbocycles. The largest absolute Gasteiger partial charge is 0.478 e.